The fourth-order valence-electron chi connectivity index (χ4n) is 3.26. The fraction of sp³-hybridized carbons (Fsp3) is 0.412. The van der Waals surface area contributed by atoms with Crippen LogP contribution >= 0.6 is 11.3 Å². The summed E-state index contributed by atoms with van der Waals surface area (Å²) in [5, 5.41) is 2.77. The maximum Gasteiger partial charge on any atom is 0.334 e. The van der Waals surface area contributed by atoms with E-state index in [-0.39, 0.29) is 0 Å². The minimum absolute atomic E-state index is 0.302. The number of carbonyl (C=O) groups is 1. The summed E-state index contributed by atoms with van der Waals surface area (Å²) in [5.41, 5.74) is 7.01. The number of thiazole rings is 1. The fourth-order valence-corrected chi connectivity index (χ4v) is 4.16. The zero-order valence-electron chi connectivity index (χ0n) is 14.0. The van der Waals surface area contributed by atoms with E-state index in [1.54, 1.807) is 5.38 Å². The molecule has 0 bridgehead atoms. The number of nitrogens with zero attached hydrogens (tertiary/aromatic N) is 2. The first-order chi connectivity index (χ1) is 12.1. The van der Waals surface area contributed by atoms with Gasteiger partial charge in [-0.2, -0.15) is 0 Å². The number of H-pyrrole nitrogens is 1. The Labute approximate surface area is 150 Å². The highest BCUT2D eigenvalue weighted by atomic mass is 32.1. The minimum Gasteiger partial charge on any atom is -0.454 e. The first kappa shape index (κ1) is 16.2. The van der Waals surface area contributed by atoms with Crippen LogP contribution in [0.5, 0.6) is 11.5 Å². The molecule has 1 aromatic carbocycles. The molecule has 1 atom stereocenters. The standard InChI is InChI=1S/C17H20N4O3S/c1-11(12-2-3-14-15(8-12)24-10-23-14)20-4-6-21(7-5-20)17-19-13(9-25-17)16(18)22/h2-3,8-9,11H,4-7,10H2,1H3,(H2,18,22)/p+1. The Bertz CT molecular complexity index is 786. The van der Waals surface area contributed by atoms with Gasteiger partial charge in [0.25, 0.3) is 5.91 Å². The third-order valence-corrected chi connectivity index (χ3v) is 5.76. The molecule has 25 heavy (non-hydrogen) atoms. The smallest absolute Gasteiger partial charge is 0.334 e. The third-order valence-electron chi connectivity index (χ3n) is 4.82. The molecule has 2 aliphatic heterocycles. The molecule has 0 saturated carbocycles. The van der Waals surface area contributed by atoms with Crippen LogP contribution in [0.2, 0.25) is 0 Å². The number of fused-ring (bicyclic) bond motifs is 1. The van der Waals surface area contributed by atoms with Gasteiger partial charge < -0.3 is 15.2 Å². The number of hydrogen-bond donors (Lipinski definition) is 1. The van der Waals surface area contributed by atoms with Crippen LogP contribution in [0.25, 0.3) is 0 Å². The van der Waals surface area contributed by atoms with Crippen LogP contribution in [-0.4, -0.2) is 43.8 Å². The lowest BCUT2D eigenvalue weighted by Crippen LogP contribution is -2.48. The molecular formula is C17H21N4O3S+. The third kappa shape index (κ3) is 3.14. The summed E-state index contributed by atoms with van der Waals surface area (Å²) >= 11 is 1.52. The van der Waals surface area contributed by atoms with E-state index in [0.29, 0.717) is 18.5 Å². The van der Waals surface area contributed by atoms with E-state index in [1.165, 1.54) is 16.9 Å². The van der Waals surface area contributed by atoms with Crippen molar-refractivity contribution >= 4 is 22.4 Å². The maximum atomic E-state index is 11.2. The first-order valence-corrected chi connectivity index (χ1v) is 9.19. The molecule has 4 rings (SSSR count). The highest BCUT2D eigenvalue weighted by molar-refractivity contribution is 7.13. The summed E-state index contributed by atoms with van der Waals surface area (Å²) in [5.74, 6) is 1.23. The van der Waals surface area contributed by atoms with E-state index in [0.717, 1.165) is 42.8 Å². The molecule has 0 radical (unpaired) electrons. The molecule has 3 N–H and O–H groups in total. The summed E-state index contributed by atoms with van der Waals surface area (Å²) in [7, 11) is 0. The molecular weight excluding hydrogens is 340 g/mol. The topological polar surface area (TPSA) is 82.2 Å². The van der Waals surface area contributed by atoms with Crippen LogP contribution in [0.1, 0.15) is 29.0 Å². The van der Waals surface area contributed by atoms with E-state index in [1.807, 2.05) is 6.07 Å². The van der Waals surface area contributed by atoms with Crippen molar-refractivity contribution in [3.63, 3.8) is 0 Å². The predicted octanol–water partition coefficient (Wildman–Crippen LogP) is 1.27. The van der Waals surface area contributed by atoms with Gasteiger partial charge in [-0.1, -0.05) is 17.4 Å². The van der Waals surface area contributed by atoms with Gasteiger partial charge >= 0.3 is 5.13 Å². The SMILES string of the molecule is CC(c1ccc2c(c1)OCO2)N1CCN(c2[nH+]c(C(N)=O)cs2)CC1. The van der Waals surface area contributed by atoms with Gasteiger partial charge in [-0.3, -0.25) is 9.69 Å². The number of anilines is 1. The average molecular weight is 361 g/mol. The molecule has 0 aliphatic carbocycles. The Morgan fingerprint density at radius 3 is 2.72 bits per heavy atom. The zero-order valence-corrected chi connectivity index (χ0v) is 14.8. The van der Waals surface area contributed by atoms with Crippen LogP contribution in [0, 0.1) is 0 Å². The minimum atomic E-state index is -0.419. The number of rotatable bonds is 4. The number of nitrogens with two attached hydrogens (primary N) is 1. The summed E-state index contributed by atoms with van der Waals surface area (Å²) in [6.07, 6.45) is 0. The molecule has 2 aromatic rings. The Morgan fingerprint density at radius 1 is 1.24 bits per heavy atom. The second kappa shape index (κ2) is 6.53. The van der Waals surface area contributed by atoms with Crippen molar-refractivity contribution in [1.29, 1.82) is 0 Å². The van der Waals surface area contributed by atoms with Gasteiger partial charge in [0.2, 0.25) is 12.5 Å². The predicted molar refractivity (Wildman–Crippen MR) is 94.2 cm³/mol. The largest absolute Gasteiger partial charge is 0.454 e. The van der Waals surface area contributed by atoms with E-state index >= 15 is 0 Å². The van der Waals surface area contributed by atoms with Gasteiger partial charge in [-0.15, -0.1) is 0 Å². The van der Waals surface area contributed by atoms with Crippen LogP contribution < -0.4 is 25.1 Å². The van der Waals surface area contributed by atoms with Gasteiger partial charge in [0, 0.05) is 19.1 Å². The van der Waals surface area contributed by atoms with E-state index in [9.17, 15) is 4.79 Å². The van der Waals surface area contributed by atoms with E-state index in [2.05, 4.69) is 33.8 Å². The van der Waals surface area contributed by atoms with Crippen LogP contribution in [-0.2, 0) is 0 Å². The number of benzene rings is 1. The highest BCUT2D eigenvalue weighted by Crippen LogP contribution is 2.35. The second-order valence-electron chi connectivity index (χ2n) is 6.26. The van der Waals surface area contributed by atoms with Crippen molar-refractivity contribution in [2.24, 2.45) is 5.73 Å². The number of primary amides is 1. The van der Waals surface area contributed by atoms with Gasteiger partial charge in [0.05, 0.1) is 18.5 Å². The molecule has 1 aromatic heterocycles. The molecule has 1 amide bonds. The lowest BCUT2D eigenvalue weighted by Gasteiger charge is -2.34. The zero-order chi connectivity index (χ0) is 17.4. The van der Waals surface area contributed by atoms with Crippen molar-refractivity contribution in [2.75, 3.05) is 37.9 Å². The molecule has 2 aliphatic rings. The van der Waals surface area contributed by atoms with Crippen LogP contribution in [0.15, 0.2) is 23.6 Å². The normalized spacial score (nSPS) is 18.4. The number of carbonyl (C=O) groups excluding carboxylic acids is 1. The molecule has 132 valence electrons. The lowest BCUT2D eigenvalue weighted by atomic mass is 10.1. The molecule has 8 heteroatoms. The lowest BCUT2D eigenvalue weighted by molar-refractivity contribution is -0.361. The van der Waals surface area contributed by atoms with Crippen molar-refractivity contribution in [2.45, 2.75) is 13.0 Å². The first-order valence-electron chi connectivity index (χ1n) is 8.31. The molecule has 0 spiro atoms. The van der Waals surface area contributed by atoms with Crippen molar-refractivity contribution in [1.82, 2.24) is 4.90 Å². The van der Waals surface area contributed by atoms with Crippen LogP contribution in [0.3, 0.4) is 0 Å². The average Bonchev–Trinajstić information content (AvgIpc) is 3.30. The summed E-state index contributed by atoms with van der Waals surface area (Å²) in [4.78, 5) is 19.1. The molecule has 7 nitrogen and oxygen atoms in total. The molecule has 1 unspecified atom stereocenters. The van der Waals surface area contributed by atoms with Gasteiger partial charge in [-0.25, -0.2) is 9.88 Å². The van der Waals surface area contributed by atoms with Gasteiger partial charge in [0.1, 0.15) is 0 Å². The summed E-state index contributed by atoms with van der Waals surface area (Å²) in [6.45, 7) is 6.24. The monoisotopic (exact) mass is 361 g/mol. The molecule has 3 heterocycles. The van der Waals surface area contributed by atoms with E-state index in [4.69, 9.17) is 15.2 Å². The Hall–Kier alpha value is -2.32. The van der Waals surface area contributed by atoms with Gasteiger partial charge in [0.15, 0.2) is 11.5 Å². The number of hydrogen-bond acceptors (Lipinski definition) is 6. The summed E-state index contributed by atoms with van der Waals surface area (Å²) in [6, 6.07) is 6.48. The number of aromatic amines is 1. The molecule has 1 saturated heterocycles. The van der Waals surface area contributed by atoms with Crippen LogP contribution in [0.4, 0.5) is 5.13 Å². The number of ether oxygens (including phenoxy) is 2. The molecule has 1 fully saturated rings. The van der Waals surface area contributed by atoms with Gasteiger partial charge in [-0.05, 0) is 24.6 Å². The van der Waals surface area contributed by atoms with Crippen molar-refractivity contribution in [3.05, 3.63) is 34.8 Å². The van der Waals surface area contributed by atoms with Crippen molar-refractivity contribution < 1.29 is 19.3 Å². The maximum absolute atomic E-state index is 11.2. The van der Waals surface area contributed by atoms with E-state index < -0.39 is 5.91 Å². The number of amides is 1. The number of aromatic nitrogens is 1. The quantitative estimate of drug-likeness (QED) is 0.887. The second-order valence-corrected chi connectivity index (χ2v) is 7.11. The summed E-state index contributed by atoms with van der Waals surface area (Å²) < 4.78 is 10.9. The highest BCUT2D eigenvalue weighted by Gasteiger charge is 2.29. The Morgan fingerprint density at radius 2 is 2.00 bits per heavy atom. The Balaban J connectivity index is 1.40. The number of piperazine rings is 1. The van der Waals surface area contributed by atoms with Crippen molar-refractivity contribution in [3.8, 4) is 11.5 Å². The Kier molecular flexibility index (Phi) is 4.22. The number of nitrogens with one attached hydrogen (secondary N) is 1.